The van der Waals surface area contributed by atoms with Gasteiger partial charge in [-0.1, -0.05) is 12.2 Å². The number of thiocarbonyl (C=S) groups is 1. The molecule has 0 aromatic rings. The van der Waals surface area contributed by atoms with E-state index in [9.17, 15) is 20.4 Å². The Morgan fingerprint density at radius 2 is 2.12 bits per heavy atom. The fourth-order valence-corrected chi connectivity index (χ4v) is 2.11. The van der Waals surface area contributed by atoms with E-state index < -0.39 is 36.8 Å². The molecule has 0 radical (unpaired) electrons. The number of hydrogen-bond acceptors (Lipinski definition) is 8. The lowest BCUT2D eigenvalue weighted by Gasteiger charge is -2.25. The first-order valence-corrected chi connectivity index (χ1v) is 6.15. The molecule has 1 aliphatic rings. The number of rotatable bonds is 3. The molecular weight excluding hydrogens is 256 g/mol. The lowest BCUT2D eigenvalue weighted by molar-refractivity contribution is -0.188. The molecule has 1 heterocycles. The molecule has 0 aliphatic carbocycles. The second kappa shape index (κ2) is 5.23. The van der Waals surface area contributed by atoms with Gasteiger partial charge in [0.15, 0.2) is 0 Å². The Morgan fingerprint density at radius 3 is 2.56 bits per heavy atom. The van der Waals surface area contributed by atoms with Gasteiger partial charge < -0.3 is 30.3 Å². The van der Waals surface area contributed by atoms with Gasteiger partial charge in [-0.25, -0.2) is 0 Å². The summed E-state index contributed by atoms with van der Waals surface area (Å²) in [6.07, 6.45) is -4.27. The molecule has 0 aromatic carbocycles. The van der Waals surface area contributed by atoms with Crippen molar-refractivity contribution in [1.82, 2.24) is 0 Å². The predicted molar refractivity (Wildman–Crippen MR) is 61.0 cm³/mol. The lowest BCUT2D eigenvalue weighted by atomic mass is 10.0. The van der Waals surface area contributed by atoms with Crippen molar-refractivity contribution in [2.75, 3.05) is 12.9 Å². The average molecular weight is 270 g/mol. The summed E-state index contributed by atoms with van der Waals surface area (Å²) in [5.41, 5.74) is 0. The average Bonchev–Trinajstić information content (AvgIpc) is 2.53. The highest BCUT2D eigenvalue weighted by atomic mass is 32.2. The van der Waals surface area contributed by atoms with Crippen molar-refractivity contribution in [3.05, 3.63) is 0 Å². The van der Waals surface area contributed by atoms with Crippen molar-refractivity contribution >= 4 is 28.2 Å². The molecular formula is C8H14O6S2. The first kappa shape index (κ1) is 14.3. The molecule has 0 bridgehead atoms. The van der Waals surface area contributed by atoms with Gasteiger partial charge in [-0.15, -0.1) is 11.8 Å². The fourth-order valence-electron chi connectivity index (χ4n) is 1.48. The van der Waals surface area contributed by atoms with E-state index in [0.29, 0.717) is 0 Å². The number of hydrogen-bond donors (Lipinski definition) is 5. The smallest absolute Gasteiger partial charge is 0.238 e. The summed E-state index contributed by atoms with van der Waals surface area (Å²) in [6, 6.07) is 0. The maximum absolute atomic E-state index is 9.93. The third-order valence-corrected chi connectivity index (χ3v) is 3.88. The fraction of sp³-hybridized carbons (Fsp3) is 0.875. The van der Waals surface area contributed by atoms with E-state index in [-0.39, 0.29) is 4.20 Å². The highest BCUT2D eigenvalue weighted by molar-refractivity contribution is 8.22. The Balaban J connectivity index is 2.90. The quantitative estimate of drug-likeness (QED) is 0.369. The van der Waals surface area contributed by atoms with Crippen molar-refractivity contribution in [3.63, 3.8) is 0 Å². The van der Waals surface area contributed by atoms with Crippen LogP contribution in [0.1, 0.15) is 0 Å². The minimum Gasteiger partial charge on any atom is -0.394 e. The van der Waals surface area contributed by atoms with Gasteiger partial charge in [-0.05, 0) is 6.26 Å². The molecule has 5 N–H and O–H groups in total. The van der Waals surface area contributed by atoms with Crippen LogP contribution in [0.15, 0.2) is 0 Å². The molecule has 5 atom stereocenters. The minimum absolute atomic E-state index is 0.0494. The van der Waals surface area contributed by atoms with Gasteiger partial charge in [-0.3, -0.25) is 0 Å². The molecule has 0 amide bonds. The number of ether oxygens (including phenoxy) is 1. The van der Waals surface area contributed by atoms with Crippen molar-refractivity contribution in [2.45, 2.75) is 30.2 Å². The van der Waals surface area contributed by atoms with E-state index >= 15 is 0 Å². The molecule has 1 aliphatic heterocycles. The van der Waals surface area contributed by atoms with Crippen LogP contribution in [0.25, 0.3) is 0 Å². The van der Waals surface area contributed by atoms with Crippen molar-refractivity contribution in [1.29, 1.82) is 0 Å². The van der Waals surface area contributed by atoms with E-state index in [2.05, 4.69) is 0 Å². The van der Waals surface area contributed by atoms with Gasteiger partial charge in [0.05, 0.1) is 6.61 Å². The summed E-state index contributed by atoms with van der Waals surface area (Å²) in [4.78, 5) is 0. The zero-order valence-corrected chi connectivity index (χ0v) is 10.1. The second-order valence-corrected chi connectivity index (χ2v) is 4.94. The van der Waals surface area contributed by atoms with E-state index in [1.165, 1.54) is 0 Å². The van der Waals surface area contributed by atoms with Gasteiger partial charge in [0.25, 0.3) is 0 Å². The van der Waals surface area contributed by atoms with Gasteiger partial charge in [0.1, 0.15) is 28.6 Å². The van der Waals surface area contributed by atoms with Gasteiger partial charge in [0, 0.05) is 0 Å². The molecule has 6 nitrogen and oxygen atoms in total. The normalized spacial score (nSPS) is 41.0. The van der Waals surface area contributed by atoms with Crippen LogP contribution < -0.4 is 0 Å². The van der Waals surface area contributed by atoms with E-state index in [4.69, 9.17) is 22.1 Å². The molecule has 1 saturated heterocycles. The molecule has 0 saturated carbocycles. The topological polar surface area (TPSA) is 110 Å². The van der Waals surface area contributed by atoms with Crippen LogP contribution in [0.4, 0.5) is 0 Å². The monoisotopic (exact) mass is 270 g/mol. The Hall–Kier alpha value is 0.200. The van der Waals surface area contributed by atoms with E-state index in [0.717, 1.165) is 11.8 Å². The molecule has 1 fully saturated rings. The van der Waals surface area contributed by atoms with Crippen LogP contribution in [0.5, 0.6) is 0 Å². The summed E-state index contributed by atoms with van der Waals surface area (Å²) in [5.74, 6) is -2.19. The van der Waals surface area contributed by atoms with Gasteiger partial charge in [-0.2, -0.15) is 0 Å². The summed E-state index contributed by atoms with van der Waals surface area (Å²) < 4.78 is 4.91. The predicted octanol–water partition coefficient (Wildman–Crippen LogP) is -2.16. The Bertz CT molecular complexity index is 275. The Kier molecular flexibility index (Phi) is 4.66. The first-order chi connectivity index (χ1) is 7.38. The maximum atomic E-state index is 9.93. The van der Waals surface area contributed by atoms with Crippen LogP contribution in [-0.4, -0.2) is 72.8 Å². The molecule has 1 rings (SSSR count). The number of aliphatic hydroxyl groups excluding tert-OH is 4. The highest BCUT2D eigenvalue weighted by Gasteiger charge is 2.57. The number of aliphatic hydroxyl groups is 5. The van der Waals surface area contributed by atoms with E-state index in [1.807, 2.05) is 0 Å². The SMILES string of the molecule is CSC(=S)[C@]1(O)O[C@H]([C@H](O)CO)[C@H](O)[C@H]1O. The minimum atomic E-state index is -2.19. The van der Waals surface area contributed by atoms with Crippen LogP contribution in [0, 0.1) is 0 Å². The number of thioether (sulfide) groups is 1. The molecule has 16 heavy (non-hydrogen) atoms. The third kappa shape index (κ3) is 2.24. The van der Waals surface area contributed by atoms with Gasteiger partial charge in [0.2, 0.25) is 5.79 Å². The van der Waals surface area contributed by atoms with Crippen LogP contribution >= 0.6 is 24.0 Å². The Labute approximate surface area is 102 Å². The van der Waals surface area contributed by atoms with Crippen LogP contribution in [0.2, 0.25) is 0 Å². The maximum Gasteiger partial charge on any atom is 0.238 e. The summed E-state index contributed by atoms with van der Waals surface area (Å²) >= 11 is 5.80. The van der Waals surface area contributed by atoms with Crippen molar-refractivity contribution in [2.24, 2.45) is 0 Å². The van der Waals surface area contributed by atoms with Crippen molar-refractivity contribution < 1.29 is 30.3 Å². The second-order valence-electron chi connectivity index (χ2n) is 3.46. The highest BCUT2D eigenvalue weighted by Crippen LogP contribution is 2.34. The zero-order chi connectivity index (χ0) is 12.5. The van der Waals surface area contributed by atoms with Crippen molar-refractivity contribution in [3.8, 4) is 0 Å². The molecule has 8 heteroatoms. The molecule has 0 aromatic heterocycles. The molecule has 0 unspecified atom stereocenters. The summed E-state index contributed by atoms with van der Waals surface area (Å²) in [5, 5.41) is 47.2. The van der Waals surface area contributed by atoms with Crippen LogP contribution in [-0.2, 0) is 4.74 Å². The lowest BCUT2D eigenvalue weighted by Crippen LogP contribution is -2.47. The zero-order valence-electron chi connectivity index (χ0n) is 8.48. The first-order valence-electron chi connectivity index (χ1n) is 4.52. The van der Waals surface area contributed by atoms with Gasteiger partial charge >= 0.3 is 0 Å². The summed E-state index contributed by atoms with van der Waals surface area (Å²) in [7, 11) is 0. The van der Waals surface area contributed by atoms with Crippen LogP contribution in [0.3, 0.4) is 0 Å². The Morgan fingerprint density at radius 1 is 1.56 bits per heavy atom. The standard InChI is InChI=1S/C8H14O6S2/c1-16-7(15)8(13)6(12)4(11)5(14-8)3(10)2-9/h3-6,9-13H,2H2,1H3/t3-,4+,5-,6-,8-/m1/s1. The largest absolute Gasteiger partial charge is 0.394 e. The van der Waals surface area contributed by atoms with E-state index in [1.54, 1.807) is 6.26 Å². The third-order valence-electron chi connectivity index (χ3n) is 2.42. The molecule has 94 valence electrons. The summed E-state index contributed by atoms with van der Waals surface area (Å²) in [6.45, 7) is -0.656. The molecule has 0 spiro atoms.